The molecule has 0 N–H and O–H groups in total. The second kappa shape index (κ2) is 7.75. The van der Waals surface area contributed by atoms with Crippen molar-refractivity contribution in [3.63, 3.8) is 0 Å². The lowest BCUT2D eigenvalue weighted by atomic mass is 9.93. The predicted molar refractivity (Wildman–Crippen MR) is 97.5 cm³/mol. The van der Waals surface area contributed by atoms with Gasteiger partial charge in [-0.25, -0.2) is 0 Å². The summed E-state index contributed by atoms with van der Waals surface area (Å²) in [6.07, 6.45) is 2.40. The summed E-state index contributed by atoms with van der Waals surface area (Å²) in [5.41, 5.74) is 2.72. The van der Waals surface area contributed by atoms with Crippen LogP contribution in [0.3, 0.4) is 0 Å². The van der Waals surface area contributed by atoms with Gasteiger partial charge in [0.25, 0.3) is 0 Å². The van der Waals surface area contributed by atoms with E-state index in [2.05, 4.69) is 87.2 Å². The predicted octanol–water partition coefficient (Wildman–Crippen LogP) is 5.85. The lowest BCUT2D eigenvalue weighted by molar-refractivity contribution is 0.166. The molecule has 2 aromatic rings. The molecule has 0 unspecified atom stereocenters. The maximum absolute atomic E-state index is 6.47. The first-order valence-electron chi connectivity index (χ1n) is 8.21. The molecule has 0 bridgehead atoms. The van der Waals surface area contributed by atoms with Crippen LogP contribution in [0.1, 0.15) is 30.6 Å². The van der Waals surface area contributed by atoms with Crippen LogP contribution >= 0.6 is 0 Å². The Kier molecular flexibility index (Phi) is 5.98. The third-order valence-corrected chi connectivity index (χ3v) is 4.70. The molecule has 0 aliphatic carbocycles. The Hall–Kier alpha value is -1.38. The van der Waals surface area contributed by atoms with Crippen molar-refractivity contribution >= 4 is 8.32 Å². The summed E-state index contributed by atoms with van der Waals surface area (Å²) in [5, 5.41) is 0. The Labute approximate surface area is 136 Å². The number of benzene rings is 2. The summed E-state index contributed by atoms with van der Waals surface area (Å²) in [7, 11) is -1.56. The van der Waals surface area contributed by atoms with Gasteiger partial charge in [-0.3, -0.25) is 0 Å². The van der Waals surface area contributed by atoms with Gasteiger partial charge >= 0.3 is 0 Å². The van der Waals surface area contributed by atoms with Gasteiger partial charge in [0, 0.05) is 0 Å². The van der Waals surface area contributed by atoms with Gasteiger partial charge in [-0.2, -0.15) is 0 Å². The van der Waals surface area contributed by atoms with Gasteiger partial charge < -0.3 is 4.43 Å². The van der Waals surface area contributed by atoms with Crippen LogP contribution in [0.25, 0.3) is 0 Å². The van der Waals surface area contributed by atoms with Gasteiger partial charge in [-0.05, 0) is 49.5 Å². The zero-order valence-electron chi connectivity index (χ0n) is 14.3. The zero-order chi connectivity index (χ0) is 16.0. The van der Waals surface area contributed by atoms with Gasteiger partial charge in [-0.1, -0.05) is 67.6 Å². The molecule has 22 heavy (non-hydrogen) atoms. The van der Waals surface area contributed by atoms with Gasteiger partial charge in [0.1, 0.15) is 0 Å². The number of hydrogen-bond donors (Lipinski definition) is 0. The first-order valence-corrected chi connectivity index (χ1v) is 11.6. The monoisotopic (exact) mass is 312 g/mol. The van der Waals surface area contributed by atoms with Gasteiger partial charge in [0.05, 0.1) is 6.10 Å². The van der Waals surface area contributed by atoms with Crippen LogP contribution in [-0.4, -0.2) is 8.32 Å². The zero-order valence-corrected chi connectivity index (χ0v) is 15.3. The summed E-state index contributed by atoms with van der Waals surface area (Å²) in [6, 6.07) is 21.4. The fourth-order valence-electron chi connectivity index (χ4n) is 2.81. The van der Waals surface area contributed by atoms with Crippen LogP contribution in [0.5, 0.6) is 0 Å². The highest BCUT2D eigenvalue weighted by Crippen LogP contribution is 2.29. The average molecular weight is 313 g/mol. The Balaban J connectivity index is 2.06. The Morgan fingerprint density at radius 1 is 0.864 bits per heavy atom. The second-order valence-electron chi connectivity index (χ2n) is 7.16. The van der Waals surface area contributed by atoms with E-state index in [9.17, 15) is 0 Å². The summed E-state index contributed by atoms with van der Waals surface area (Å²) in [5.74, 6) is 0.601. The van der Waals surface area contributed by atoms with Crippen molar-refractivity contribution in [2.45, 2.75) is 45.5 Å². The summed E-state index contributed by atoms with van der Waals surface area (Å²) in [6.45, 7) is 9.14. The molecule has 0 aliphatic heterocycles. The second-order valence-corrected chi connectivity index (χ2v) is 11.6. The fourth-order valence-corrected chi connectivity index (χ4v) is 3.90. The van der Waals surface area contributed by atoms with Crippen molar-refractivity contribution in [2.75, 3.05) is 0 Å². The third-order valence-electron chi connectivity index (χ3n) is 3.71. The molecule has 0 saturated heterocycles. The average Bonchev–Trinajstić information content (AvgIpc) is 2.47. The Morgan fingerprint density at radius 3 is 1.95 bits per heavy atom. The van der Waals surface area contributed by atoms with Crippen molar-refractivity contribution in [3.05, 3.63) is 71.8 Å². The van der Waals surface area contributed by atoms with E-state index >= 15 is 0 Å². The van der Waals surface area contributed by atoms with Crippen LogP contribution in [-0.2, 0) is 10.8 Å². The maximum Gasteiger partial charge on any atom is 0.184 e. The molecule has 0 spiro atoms. The molecule has 2 aromatic carbocycles. The van der Waals surface area contributed by atoms with Crippen LogP contribution < -0.4 is 0 Å². The highest BCUT2D eigenvalue weighted by Gasteiger charge is 2.24. The minimum atomic E-state index is -1.56. The summed E-state index contributed by atoms with van der Waals surface area (Å²) >= 11 is 0. The van der Waals surface area contributed by atoms with E-state index in [0.29, 0.717) is 5.92 Å². The van der Waals surface area contributed by atoms with Crippen molar-refractivity contribution < 1.29 is 4.43 Å². The molecule has 0 radical (unpaired) electrons. The Morgan fingerprint density at radius 2 is 1.41 bits per heavy atom. The molecule has 0 amide bonds. The number of hydrogen-bond acceptors (Lipinski definition) is 1. The van der Waals surface area contributed by atoms with E-state index in [1.807, 2.05) is 0 Å². The minimum Gasteiger partial charge on any atom is -0.411 e. The van der Waals surface area contributed by atoms with Crippen LogP contribution in [0.2, 0.25) is 19.6 Å². The van der Waals surface area contributed by atoms with E-state index < -0.39 is 8.32 Å². The molecule has 2 atom stereocenters. The number of rotatable bonds is 7. The lowest BCUT2D eigenvalue weighted by Gasteiger charge is -2.29. The summed E-state index contributed by atoms with van der Waals surface area (Å²) < 4.78 is 6.47. The molecule has 2 rings (SSSR count). The Bertz CT molecular complexity index is 545. The molecular weight excluding hydrogens is 284 g/mol. The largest absolute Gasteiger partial charge is 0.411 e. The molecule has 2 heteroatoms. The SMILES string of the molecule is C[C@@H](Cc1ccccc1)C[C@@H](O[Si](C)(C)C)c1ccccc1. The molecular formula is C20H28OSi. The van der Waals surface area contributed by atoms with Gasteiger partial charge in [-0.15, -0.1) is 0 Å². The van der Waals surface area contributed by atoms with Crippen molar-refractivity contribution in [3.8, 4) is 0 Å². The molecule has 0 aromatic heterocycles. The van der Waals surface area contributed by atoms with Gasteiger partial charge in [0.15, 0.2) is 8.32 Å². The van der Waals surface area contributed by atoms with E-state index in [1.54, 1.807) is 0 Å². The highest BCUT2D eigenvalue weighted by atomic mass is 28.4. The van der Waals surface area contributed by atoms with Crippen molar-refractivity contribution in [1.82, 2.24) is 0 Å². The quantitative estimate of drug-likeness (QED) is 0.583. The van der Waals surface area contributed by atoms with Crippen molar-refractivity contribution in [1.29, 1.82) is 0 Å². The molecule has 0 saturated carbocycles. The topological polar surface area (TPSA) is 9.23 Å². The molecule has 0 heterocycles. The van der Waals surface area contributed by atoms with Crippen LogP contribution in [0, 0.1) is 5.92 Å². The van der Waals surface area contributed by atoms with E-state index in [4.69, 9.17) is 4.43 Å². The lowest BCUT2D eigenvalue weighted by Crippen LogP contribution is -2.29. The van der Waals surface area contributed by atoms with Crippen LogP contribution in [0.15, 0.2) is 60.7 Å². The molecule has 0 fully saturated rings. The first-order chi connectivity index (χ1) is 10.4. The molecule has 1 nitrogen and oxygen atoms in total. The van der Waals surface area contributed by atoms with E-state index in [-0.39, 0.29) is 6.10 Å². The molecule has 0 aliphatic rings. The minimum absolute atomic E-state index is 0.214. The van der Waals surface area contributed by atoms with Crippen molar-refractivity contribution in [2.24, 2.45) is 5.92 Å². The third kappa shape index (κ3) is 5.78. The highest BCUT2D eigenvalue weighted by molar-refractivity contribution is 6.69. The van der Waals surface area contributed by atoms with E-state index in [1.165, 1.54) is 11.1 Å². The fraction of sp³-hybridized carbons (Fsp3) is 0.400. The van der Waals surface area contributed by atoms with Gasteiger partial charge in [0.2, 0.25) is 0 Å². The standard InChI is InChI=1S/C20H28OSi/c1-17(15-18-11-7-5-8-12-18)16-20(21-22(2,3)4)19-13-9-6-10-14-19/h5-14,17,20H,15-16H2,1-4H3/t17-,20+/m0/s1. The van der Waals surface area contributed by atoms with E-state index in [0.717, 1.165) is 12.8 Å². The smallest absolute Gasteiger partial charge is 0.184 e. The van der Waals surface area contributed by atoms with Crippen LogP contribution in [0.4, 0.5) is 0 Å². The summed E-state index contributed by atoms with van der Waals surface area (Å²) in [4.78, 5) is 0. The molecule has 118 valence electrons. The normalized spacial score (nSPS) is 14.5. The first kappa shape index (κ1) is 17.0. The maximum atomic E-state index is 6.47.